The van der Waals surface area contributed by atoms with Gasteiger partial charge in [0, 0.05) is 11.1 Å². The molecule has 0 radical (unpaired) electrons. The lowest BCUT2D eigenvalue weighted by Crippen LogP contribution is -2.35. The Hall–Kier alpha value is -2.74. The molecule has 0 saturated carbocycles. The Kier molecular flexibility index (Phi) is 2.90. The van der Waals surface area contributed by atoms with E-state index in [9.17, 15) is 9.59 Å². The van der Waals surface area contributed by atoms with E-state index in [-0.39, 0.29) is 23.4 Å². The first-order valence-electron chi connectivity index (χ1n) is 7.38. The van der Waals surface area contributed by atoms with E-state index in [1.54, 1.807) is 12.1 Å². The Labute approximate surface area is 128 Å². The van der Waals surface area contributed by atoms with Gasteiger partial charge >= 0.3 is 0 Å². The van der Waals surface area contributed by atoms with Crippen molar-refractivity contribution in [2.75, 3.05) is 0 Å². The molecule has 0 N–H and O–H groups in total. The van der Waals surface area contributed by atoms with Gasteiger partial charge < -0.3 is 0 Å². The van der Waals surface area contributed by atoms with Crippen LogP contribution in [0.25, 0.3) is 5.57 Å². The molecular weight excluding hydrogens is 272 g/mol. The first kappa shape index (κ1) is 13.0. The van der Waals surface area contributed by atoms with Gasteiger partial charge in [-0.3, -0.25) is 9.59 Å². The van der Waals surface area contributed by atoms with Gasteiger partial charge in [0.25, 0.3) is 0 Å². The molecule has 0 spiro atoms. The Balaban J connectivity index is 1.81. The lowest BCUT2D eigenvalue weighted by Gasteiger charge is -2.29. The van der Waals surface area contributed by atoms with E-state index in [1.807, 2.05) is 60.7 Å². The second-order valence-electron chi connectivity index (χ2n) is 5.67. The lowest BCUT2D eigenvalue weighted by molar-refractivity contribution is 0.0802. The fourth-order valence-corrected chi connectivity index (χ4v) is 3.26. The second kappa shape index (κ2) is 4.92. The average molecular weight is 286 g/mol. The molecule has 0 amide bonds. The molecule has 2 atom stereocenters. The van der Waals surface area contributed by atoms with Crippen molar-refractivity contribution in [2.24, 2.45) is 11.8 Å². The maximum atomic E-state index is 12.7. The van der Waals surface area contributed by atoms with Gasteiger partial charge in [0.1, 0.15) is 0 Å². The smallest absolute Gasteiger partial charge is 0.171 e. The minimum Gasteiger partial charge on any atom is -0.293 e. The molecule has 2 aromatic rings. The van der Waals surface area contributed by atoms with Gasteiger partial charge in [-0.2, -0.15) is 0 Å². The standard InChI is InChI=1S/C20H14O2/c21-19-15-8-4-5-9-16(15)20(22)18-12-14(10-11-17(18)19)13-6-2-1-3-7-13/h1-12,17-18H. The molecule has 4 rings (SSSR count). The van der Waals surface area contributed by atoms with Crippen molar-refractivity contribution in [3.63, 3.8) is 0 Å². The molecule has 0 aromatic heterocycles. The van der Waals surface area contributed by atoms with Crippen LogP contribution >= 0.6 is 0 Å². The first-order valence-corrected chi connectivity index (χ1v) is 7.38. The highest BCUT2D eigenvalue weighted by Crippen LogP contribution is 2.37. The topological polar surface area (TPSA) is 34.1 Å². The summed E-state index contributed by atoms with van der Waals surface area (Å²) in [4.78, 5) is 25.3. The van der Waals surface area contributed by atoms with Gasteiger partial charge in [0.15, 0.2) is 11.6 Å². The van der Waals surface area contributed by atoms with Crippen LogP contribution in [-0.4, -0.2) is 11.6 Å². The van der Waals surface area contributed by atoms with Crippen molar-refractivity contribution in [1.82, 2.24) is 0 Å². The first-order chi connectivity index (χ1) is 10.8. The number of allylic oxidation sites excluding steroid dienone is 4. The molecule has 2 heteroatoms. The summed E-state index contributed by atoms with van der Waals surface area (Å²) in [6, 6.07) is 17.0. The monoisotopic (exact) mass is 286 g/mol. The summed E-state index contributed by atoms with van der Waals surface area (Å²) in [5, 5.41) is 0. The minimum absolute atomic E-state index is 0.0398. The predicted molar refractivity (Wildman–Crippen MR) is 85.6 cm³/mol. The van der Waals surface area contributed by atoms with E-state index in [2.05, 4.69) is 0 Å². The SMILES string of the molecule is O=C1c2ccccc2C(=O)C2C=C(c3ccccc3)C=CC12. The van der Waals surface area contributed by atoms with Crippen LogP contribution in [-0.2, 0) is 0 Å². The number of Topliss-reactive ketones (excluding diaryl/α,β-unsaturated/α-hetero) is 2. The Morgan fingerprint density at radius 2 is 1.27 bits per heavy atom. The summed E-state index contributed by atoms with van der Waals surface area (Å²) in [6.07, 6.45) is 5.77. The average Bonchev–Trinajstić information content (AvgIpc) is 2.60. The molecule has 2 unspecified atom stereocenters. The third kappa shape index (κ3) is 1.88. The predicted octanol–water partition coefficient (Wildman–Crippen LogP) is 3.95. The second-order valence-corrected chi connectivity index (χ2v) is 5.67. The van der Waals surface area contributed by atoms with E-state index in [1.165, 1.54) is 0 Å². The largest absolute Gasteiger partial charge is 0.293 e. The Morgan fingerprint density at radius 3 is 1.95 bits per heavy atom. The number of carbonyl (C=O) groups excluding carboxylic acids is 2. The molecule has 2 aliphatic carbocycles. The summed E-state index contributed by atoms with van der Waals surface area (Å²) in [7, 11) is 0. The van der Waals surface area contributed by atoms with E-state index < -0.39 is 0 Å². The molecule has 0 saturated heterocycles. The number of hydrogen-bond acceptors (Lipinski definition) is 2. The summed E-state index contributed by atoms with van der Waals surface area (Å²) >= 11 is 0. The summed E-state index contributed by atoms with van der Waals surface area (Å²) in [5.41, 5.74) is 3.17. The highest BCUT2D eigenvalue weighted by molar-refractivity contribution is 6.18. The van der Waals surface area contributed by atoms with Gasteiger partial charge in [0.05, 0.1) is 11.8 Å². The van der Waals surface area contributed by atoms with Crippen molar-refractivity contribution in [3.05, 3.63) is 89.5 Å². The van der Waals surface area contributed by atoms with Crippen LogP contribution in [0.15, 0.2) is 72.8 Å². The van der Waals surface area contributed by atoms with Gasteiger partial charge in [0.2, 0.25) is 0 Å². The maximum Gasteiger partial charge on any atom is 0.171 e. The summed E-state index contributed by atoms with van der Waals surface area (Å²) < 4.78 is 0. The zero-order valence-electron chi connectivity index (χ0n) is 11.9. The fourth-order valence-electron chi connectivity index (χ4n) is 3.26. The van der Waals surface area contributed by atoms with Crippen LogP contribution in [0.4, 0.5) is 0 Å². The van der Waals surface area contributed by atoms with Gasteiger partial charge in [-0.05, 0) is 11.1 Å². The van der Waals surface area contributed by atoms with E-state index >= 15 is 0 Å². The molecule has 2 aromatic carbocycles. The normalized spacial score (nSPS) is 22.8. The Bertz CT molecular complexity index is 828. The lowest BCUT2D eigenvalue weighted by atomic mass is 9.71. The minimum atomic E-state index is -0.386. The van der Waals surface area contributed by atoms with E-state index in [0.717, 1.165) is 11.1 Å². The molecule has 0 fully saturated rings. The van der Waals surface area contributed by atoms with Crippen molar-refractivity contribution in [3.8, 4) is 0 Å². The molecule has 106 valence electrons. The number of hydrogen-bond donors (Lipinski definition) is 0. The van der Waals surface area contributed by atoms with Crippen LogP contribution < -0.4 is 0 Å². The number of carbonyl (C=O) groups is 2. The molecule has 22 heavy (non-hydrogen) atoms. The zero-order chi connectivity index (χ0) is 15.1. The number of ketones is 2. The molecule has 2 aliphatic rings. The molecule has 0 aliphatic heterocycles. The molecule has 0 heterocycles. The van der Waals surface area contributed by atoms with Crippen LogP contribution in [0, 0.1) is 11.8 Å². The van der Waals surface area contributed by atoms with Gasteiger partial charge in [-0.1, -0.05) is 72.8 Å². The third-order valence-corrected chi connectivity index (χ3v) is 4.40. The van der Waals surface area contributed by atoms with E-state index in [4.69, 9.17) is 0 Å². The van der Waals surface area contributed by atoms with Crippen molar-refractivity contribution in [2.45, 2.75) is 0 Å². The van der Waals surface area contributed by atoms with Gasteiger partial charge in [-0.15, -0.1) is 0 Å². The quantitative estimate of drug-likeness (QED) is 0.795. The van der Waals surface area contributed by atoms with Crippen molar-refractivity contribution < 1.29 is 9.59 Å². The molecule has 2 nitrogen and oxygen atoms in total. The Morgan fingerprint density at radius 1 is 0.682 bits per heavy atom. The van der Waals surface area contributed by atoms with Gasteiger partial charge in [-0.25, -0.2) is 0 Å². The summed E-state index contributed by atoms with van der Waals surface area (Å²) in [5.74, 6) is -0.671. The summed E-state index contributed by atoms with van der Waals surface area (Å²) in [6.45, 7) is 0. The van der Waals surface area contributed by atoms with E-state index in [0.29, 0.717) is 11.1 Å². The number of benzene rings is 2. The van der Waals surface area contributed by atoms with Crippen molar-refractivity contribution in [1.29, 1.82) is 0 Å². The van der Waals surface area contributed by atoms with Crippen LogP contribution in [0.2, 0.25) is 0 Å². The van der Waals surface area contributed by atoms with Crippen LogP contribution in [0.1, 0.15) is 26.3 Å². The third-order valence-electron chi connectivity index (χ3n) is 4.40. The molecule has 0 bridgehead atoms. The number of rotatable bonds is 1. The van der Waals surface area contributed by atoms with Crippen LogP contribution in [0.3, 0.4) is 0 Å². The maximum absolute atomic E-state index is 12.7. The zero-order valence-corrected chi connectivity index (χ0v) is 11.9. The fraction of sp³-hybridized carbons (Fsp3) is 0.100. The number of fused-ring (bicyclic) bond motifs is 2. The van der Waals surface area contributed by atoms with Crippen LogP contribution in [0.5, 0.6) is 0 Å². The molecular formula is C20H14O2. The van der Waals surface area contributed by atoms with Crippen molar-refractivity contribution >= 4 is 17.1 Å². The highest BCUT2D eigenvalue weighted by atomic mass is 16.1. The highest BCUT2D eigenvalue weighted by Gasteiger charge is 2.40.